The zero-order chi connectivity index (χ0) is 18.4. The van der Waals surface area contributed by atoms with Gasteiger partial charge in [0.05, 0.1) is 14.2 Å². The van der Waals surface area contributed by atoms with Gasteiger partial charge in [0.2, 0.25) is 0 Å². The summed E-state index contributed by atoms with van der Waals surface area (Å²) >= 11 is 5.42. The molecule has 25 heavy (non-hydrogen) atoms. The van der Waals surface area contributed by atoms with Crippen molar-refractivity contribution in [3.8, 4) is 11.5 Å². The lowest BCUT2D eigenvalue weighted by atomic mass is 10.1. The molecule has 0 aliphatic carbocycles. The Kier molecular flexibility index (Phi) is 6.65. The molecule has 0 aromatic heterocycles. The Morgan fingerprint density at radius 1 is 0.960 bits per heavy atom. The van der Waals surface area contributed by atoms with Crippen molar-refractivity contribution in [3.05, 3.63) is 52.6 Å². The van der Waals surface area contributed by atoms with Crippen LogP contribution in [0.25, 0.3) is 0 Å². The van der Waals surface area contributed by atoms with E-state index in [-0.39, 0.29) is 0 Å². The first-order chi connectivity index (χ1) is 11.9. The largest absolute Gasteiger partial charge is 0.493 e. The second kappa shape index (κ2) is 8.72. The number of aryl methyl sites for hydroxylation is 3. The molecule has 0 radical (unpaired) electrons. The van der Waals surface area contributed by atoms with Crippen molar-refractivity contribution in [1.82, 2.24) is 5.32 Å². The van der Waals surface area contributed by atoms with Crippen molar-refractivity contribution in [1.29, 1.82) is 0 Å². The van der Waals surface area contributed by atoms with Gasteiger partial charge < -0.3 is 20.1 Å². The first-order valence-corrected chi connectivity index (χ1v) is 8.69. The quantitative estimate of drug-likeness (QED) is 0.759. The van der Waals surface area contributed by atoms with Crippen LogP contribution in [0.5, 0.6) is 11.5 Å². The van der Waals surface area contributed by atoms with Crippen LogP contribution in [0.2, 0.25) is 0 Å². The minimum atomic E-state index is 0.635. The molecule has 0 aliphatic rings. The van der Waals surface area contributed by atoms with Crippen molar-refractivity contribution >= 4 is 23.0 Å². The third-order valence-electron chi connectivity index (χ3n) is 4.06. The summed E-state index contributed by atoms with van der Waals surface area (Å²) in [6.45, 7) is 7.03. The maximum atomic E-state index is 5.42. The van der Waals surface area contributed by atoms with Crippen molar-refractivity contribution in [3.63, 3.8) is 0 Å². The third-order valence-corrected chi connectivity index (χ3v) is 4.31. The number of anilines is 1. The van der Waals surface area contributed by atoms with Crippen molar-refractivity contribution in [2.24, 2.45) is 0 Å². The molecule has 2 aromatic rings. The molecule has 4 nitrogen and oxygen atoms in total. The van der Waals surface area contributed by atoms with E-state index in [1.165, 1.54) is 16.7 Å². The van der Waals surface area contributed by atoms with Crippen LogP contribution in [0, 0.1) is 20.8 Å². The van der Waals surface area contributed by atoms with Gasteiger partial charge in [0.15, 0.2) is 16.6 Å². The number of nitrogens with one attached hydrogen (secondary N) is 2. The molecule has 2 rings (SSSR count). The van der Waals surface area contributed by atoms with Crippen LogP contribution >= 0.6 is 12.2 Å². The fourth-order valence-corrected chi connectivity index (χ4v) is 3.10. The highest BCUT2D eigenvalue weighted by atomic mass is 32.1. The van der Waals surface area contributed by atoms with Gasteiger partial charge in [0.1, 0.15) is 0 Å². The molecule has 0 unspecified atom stereocenters. The van der Waals surface area contributed by atoms with Crippen LogP contribution in [0.15, 0.2) is 30.3 Å². The van der Waals surface area contributed by atoms with Gasteiger partial charge >= 0.3 is 0 Å². The Morgan fingerprint density at radius 3 is 2.20 bits per heavy atom. The summed E-state index contributed by atoms with van der Waals surface area (Å²) in [4.78, 5) is 0. The van der Waals surface area contributed by atoms with Gasteiger partial charge in [0, 0.05) is 12.2 Å². The van der Waals surface area contributed by atoms with Crippen LogP contribution in [0.1, 0.15) is 22.3 Å². The standard InChI is InChI=1S/C20H26N2O2S/c1-13-10-14(2)19(15(3)11-13)22-20(25)21-9-8-16-6-7-17(23-4)18(12-16)24-5/h6-7,10-12H,8-9H2,1-5H3,(H2,21,22,25). The lowest BCUT2D eigenvalue weighted by Crippen LogP contribution is -2.30. The summed E-state index contributed by atoms with van der Waals surface area (Å²) in [7, 11) is 3.28. The van der Waals surface area contributed by atoms with E-state index in [1.54, 1.807) is 14.2 Å². The van der Waals surface area contributed by atoms with E-state index < -0.39 is 0 Å². The first-order valence-electron chi connectivity index (χ1n) is 8.28. The average Bonchev–Trinajstić information content (AvgIpc) is 2.58. The molecule has 0 spiro atoms. The second-order valence-electron chi connectivity index (χ2n) is 6.09. The van der Waals surface area contributed by atoms with Gasteiger partial charge in [-0.05, 0) is 68.2 Å². The van der Waals surface area contributed by atoms with Gasteiger partial charge in [-0.1, -0.05) is 23.8 Å². The van der Waals surface area contributed by atoms with Gasteiger partial charge in [-0.25, -0.2) is 0 Å². The van der Waals surface area contributed by atoms with Gasteiger partial charge in [-0.3, -0.25) is 0 Å². The molecule has 0 saturated heterocycles. The smallest absolute Gasteiger partial charge is 0.170 e. The Morgan fingerprint density at radius 2 is 1.60 bits per heavy atom. The molecule has 0 heterocycles. The fourth-order valence-electron chi connectivity index (χ4n) is 2.89. The highest BCUT2D eigenvalue weighted by molar-refractivity contribution is 7.80. The molecule has 0 amide bonds. The number of hydrogen-bond acceptors (Lipinski definition) is 3. The van der Waals surface area contributed by atoms with E-state index in [1.807, 2.05) is 18.2 Å². The summed E-state index contributed by atoms with van der Waals surface area (Å²) in [5.41, 5.74) is 5.89. The maximum Gasteiger partial charge on any atom is 0.170 e. The lowest BCUT2D eigenvalue weighted by Gasteiger charge is -2.16. The predicted molar refractivity (Wildman–Crippen MR) is 108 cm³/mol. The van der Waals surface area contributed by atoms with E-state index in [4.69, 9.17) is 21.7 Å². The molecule has 134 valence electrons. The molecule has 5 heteroatoms. The van der Waals surface area contributed by atoms with E-state index in [0.29, 0.717) is 5.11 Å². The molecule has 0 fully saturated rings. The van der Waals surface area contributed by atoms with E-state index in [2.05, 4.69) is 43.5 Å². The lowest BCUT2D eigenvalue weighted by molar-refractivity contribution is 0.354. The summed E-state index contributed by atoms with van der Waals surface area (Å²) in [5, 5.41) is 7.21. The number of benzene rings is 2. The Labute approximate surface area is 155 Å². The Balaban J connectivity index is 1.91. The normalized spacial score (nSPS) is 10.3. The van der Waals surface area contributed by atoms with Crippen LogP contribution in [-0.2, 0) is 6.42 Å². The fraction of sp³-hybridized carbons (Fsp3) is 0.350. The maximum absolute atomic E-state index is 5.42. The number of hydrogen-bond donors (Lipinski definition) is 2. The number of ether oxygens (including phenoxy) is 2. The van der Waals surface area contributed by atoms with Gasteiger partial charge in [-0.2, -0.15) is 0 Å². The number of methoxy groups -OCH3 is 2. The molecular formula is C20H26N2O2S. The number of rotatable bonds is 6. The SMILES string of the molecule is COc1ccc(CCNC(=S)Nc2c(C)cc(C)cc2C)cc1OC. The minimum Gasteiger partial charge on any atom is -0.493 e. The van der Waals surface area contributed by atoms with Crippen LogP contribution in [-0.4, -0.2) is 25.9 Å². The molecule has 2 N–H and O–H groups in total. The monoisotopic (exact) mass is 358 g/mol. The van der Waals surface area contributed by atoms with Crippen LogP contribution in [0.3, 0.4) is 0 Å². The van der Waals surface area contributed by atoms with Gasteiger partial charge in [-0.15, -0.1) is 0 Å². The zero-order valence-electron chi connectivity index (χ0n) is 15.5. The summed E-state index contributed by atoms with van der Waals surface area (Å²) in [6.07, 6.45) is 0.841. The van der Waals surface area contributed by atoms with Crippen LogP contribution in [0.4, 0.5) is 5.69 Å². The molecule has 0 aliphatic heterocycles. The molecule has 2 aromatic carbocycles. The van der Waals surface area contributed by atoms with Crippen LogP contribution < -0.4 is 20.1 Å². The summed E-state index contributed by atoms with van der Waals surface area (Å²) < 4.78 is 10.6. The molecular weight excluding hydrogens is 332 g/mol. The average molecular weight is 359 g/mol. The molecule has 0 atom stereocenters. The van der Waals surface area contributed by atoms with E-state index in [0.717, 1.165) is 35.7 Å². The minimum absolute atomic E-state index is 0.635. The summed E-state index contributed by atoms with van der Waals surface area (Å²) in [6, 6.07) is 10.3. The Hall–Kier alpha value is -2.27. The van der Waals surface area contributed by atoms with Crippen molar-refractivity contribution < 1.29 is 9.47 Å². The highest BCUT2D eigenvalue weighted by Gasteiger charge is 2.07. The zero-order valence-corrected chi connectivity index (χ0v) is 16.3. The predicted octanol–water partition coefficient (Wildman–Crippen LogP) is 4.16. The second-order valence-corrected chi connectivity index (χ2v) is 6.50. The Bertz CT molecular complexity index is 736. The summed E-state index contributed by atoms with van der Waals surface area (Å²) in [5.74, 6) is 1.48. The topological polar surface area (TPSA) is 42.5 Å². The highest BCUT2D eigenvalue weighted by Crippen LogP contribution is 2.27. The van der Waals surface area contributed by atoms with Gasteiger partial charge in [0.25, 0.3) is 0 Å². The molecule has 0 saturated carbocycles. The van der Waals surface area contributed by atoms with E-state index >= 15 is 0 Å². The number of thiocarbonyl (C=S) groups is 1. The van der Waals surface area contributed by atoms with Crippen molar-refractivity contribution in [2.45, 2.75) is 27.2 Å². The van der Waals surface area contributed by atoms with Crippen molar-refractivity contribution in [2.75, 3.05) is 26.1 Å². The molecule has 0 bridgehead atoms. The third kappa shape index (κ3) is 5.10. The van der Waals surface area contributed by atoms with E-state index in [9.17, 15) is 0 Å². The first kappa shape index (κ1) is 19.1.